The van der Waals surface area contributed by atoms with Gasteiger partial charge < -0.3 is 15.2 Å². The number of ether oxygens (including phenoxy) is 1. The Hall–Kier alpha value is -2.84. The highest BCUT2D eigenvalue weighted by Gasteiger charge is 2.17. The van der Waals surface area contributed by atoms with E-state index in [4.69, 9.17) is 21.4 Å². The number of nitrogens with one attached hydrogen (secondary N) is 1. The van der Waals surface area contributed by atoms with Gasteiger partial charge in [0.1, 0.15) is 0 Å². The Labute approximate surface area is 218 Å². The van der Waals surface area contributed by atoms with Gasteiger partial charge in [-0.25, -0.2) is 18.0 Å². The van der Waals surface area contributed by atoms with Gasteiger partial charge in [-0.2, -0.15) is 0 Å². The Balaban J connectivity index is 1.51. The van der Waals surface area contributed by atoms with E-state index in [1.54, 1.807) is 48.5 Å². The maximum Gasteiger partial charge on any atom is 0.344 e. The Morgan fingerprint density at radius 2 is 1.56 bits per heavy atom. The van der Waals surface area contributed by atoms with E-state index in [-0.39, 0.29) is 5.75 Å². The van der Waals surface area contributed by atoms with Crippen LogP contribution in [-0.4, -0.2) is 43.9 Å². The molecule has 0 fully saturated rings. The Morgan fingerprint density at radius 1 is 0.944 bits per heavy atom. The van der Waals surface area contributed by atoms with Crippen LogP contribution in [0, 0.1) is 0 Å². The summed E-state index contributed by atoms with van der Waals surface area (Å²) in [5.74, 6) is -1.69. The van der Waals surface area contributed by atoms with Crippen molar-refractivity contribution >= 4 is 39.1 Å². The number of anilines is 1. The summed E-state index contributed by atoms with van der Waals surface area (Å²) in [5, 5.41) is 12.6. The zero-order chi connectivity index (χ0) is 26.4. The number of unbranched alkanes of at least 4 members (excludes halogenated alkanes) is 6. The van der Waals surface area contributed by atoms with E-state index in [1.807, 2.05) is 0 Å². The molecule has 9 heteroatoms. The van der Waals surface area contributed by atoms with Gasteiger partial charge in [0.05, 0.1) is 16.2 Å². The fourth-order valence-electron chi connectivity index (χ4n) is 3.40. The number of hydrogen-bond donors (Lipinski definition) is 2. The van der Waals surface area contributed by atoms with E-state index in [0.29, 0.717) is 28.4 Å². The largest absolute Gasteiger partial charge is 0.479 e. The Bertz CT molecular complexity index is 1100. The number of carboxylic acid groups (broad SMARTS) is 1. The summed E-state index contributed by atoms with van der Waals surface area (Å²) in [5.41, 5.74) is 1.15. The average molecular weight is 536 g/mol. The van der Waals surface area contributed by atoms with Crippen LogP contribution in [0.3, 0.4) is 0 Å². The van der Waals surface area contributed by atoms with Crippen LogP contribution < -0.4 is 5.32 Å². The minimum atomic E-state index is -3.23. The van der Waals surface area contributed by atoms with Crippen LogP contribution in [0.25, 0.3) is 0 Å². The normalized spacial score (nSPS) is 12.4. The third-order valence-corrected chi connectivity index (χ3v) is 7.62. The highest BCUT2D eigenvalue weighted by molar-refractivity contribution is 7.91. The molecular weight excluding hydrogens is 502 g/mol. The smallest absolute Gasteiger partial charge is 0.344 e. The molecular formula is C27H34ClNO6S. The van der Waals surface area contributed by atoms with E-state index in [9.17, 15) is 18.0 Å². The monoisotopic (exact) mass is 535 g/mol. The van der Waals surface area contributed by atoms with Crippen molar-refractivity contribution in [2.45, 2.75) is 62.9 Å². The molecule has 2 N–H and O–H groups in total. The number of halogens is 1. The average Bonchev–Trinajstić information content (AvgIpc) is 2.85. The SMILES string of the molecule is CC(OC(=O)c1ccc(NCC=CCCCCCCCCS(=O)(=O)c2ccc(Cl)cc2)cc1)C(=O)O. The molecule has 0 saturated heterocycles. The number of carbonyl (C=O) groups excluding carboxylic acids is 1. The third kappa shape index (κ3) is 10.8. The van der Waals surface area contributed by atoms with E-state index < -0.39 is 27.9 Å². The second-order valence-electron chi connectivity index (χ2n) is 8.50. The van der Waals surface area contributed by atoms with Crippen LogP contribution in [-0.2, 0) is 19.4 Å². The van der Waals surface area contributed by atoms with E-state index in [1.165, 1.54) is 6.92 Å². The minimum absolute atomic E-state index is 0.168. The molecule has 0 aliphatic heterocycles. The summed E-state index contributed by atoms with van der Waals surface area (Å²) in [6, 6.07) is 13.0. The van der Waals surface area contributed by atoms with Crippen molar-refractivity contribution in [3.05, 3.63) is 71.3 Å². The standard InChI is InChI=1S/C27H34ClNO6S/c1-21(26(30)31)35-27(32)22-11-15-24(16-12-22)29-19-9-7-5-3-2-4-6-8-10-20-36(33,34)25-17-13-23(28)14-18-25/h7,9,11-18,21,29H,2-6,8,10,19-20H2,1H3,(H,30,31). The van der Waals surface area contributed by atoms with E-state index in [2.05, 4.69) is 17.5 Å². The van der Waals surface area contributed by atoms with E-state index in [0.717, 1.165) is 44.2 Å². The van der Waals surface area contributed by atoms with Gasteiger partial charge in [0.25, 0.3) is 0 Å². The van der Waals surface area contributed by atoms with Crippen LogP contribution in [0.5, 0.6) is 0 Å². The van der Waals surface area contributed by atoms with Crippen molar-refractivity contribution in [3.63, 3.8) is 0 Å². The maximum atomic E-state index is 12.3. The van der Waals surface area contributed by atoms with Crippen LogP contribution in [0.2, 0.25) is 5.02 Å². The molecule has 0 aliphatic carbocycles. The van der Waals surface area contributed by atoms with Crippen LogP contribution >= 0.6 is 11.6 Å². The van der Waals surface area contributed by atoms with Crippen LogP contribution in [0.15, 0.2) is 65.6 Å². The summed E-state index contributed by atoms with van der Waals surface area (Å²) in [6.45, 7) is 1.96. The summed E-state index contributed by atoms with van der Waals surface area (Å²) >= 11 is 5.81. The predicted octanol–water partition coefficient (Wildman–Crippen LogP) is 6.14. The Morgan fingerprint density at radius 3 is 2.19 bits per heavy atom. The summed E-state index contributed by atoms with van der Waals surface area (Å²) in [6.07, 6.45) is 9.87. The number of aliphatic carboxylic acids is 1. The fraction of sp³-hybridized carbons (Fsp3) is 0.407. The first-order valence-corrected chi connectivity index (χ1v) is 14.1. The lowest BCUT2D eigenvalue weighted by Gasteiger charge is -2.09. The summed E-state index contributed by atoms with van der Waals surface area (Å²) in [4.78, 5) is 23.0. The van der Waals surface area contributed by atoms with Gasteiger partial charge in [-0.05, 0) is 74.7 Å². The third-order valence-electron chi connectivity index (χ3n) is 5.55. The minimum Gasteiger partial charge on any atom is -0.479 e. The summed E-state index contributed by atoms with van der Waals surface area (Å²) in [7, 11) is -3.23. The molecule has 2 aromatic rings. The predicted molar refractivity (Wildman–Crippen MR) is 142 cm³/mol. The van der Waals surface area contributed by atoms with Crippen molar-refractivity contribution < 1.29 is 27.9 Å². The molecule has 0 radical (unpaired) electrons. The first-order chi connectivity index (χ1) is 17.2. The van der Waals surface area contributed by atoms with Crippen molar-refractivity contribution in [2.24, 2.45) is 0 Å². The molecule has 2 aromatic carbocycles. The van der Waals surface area contributed by atoms with Gasteiger partial charge in [-0.15, -0.1) is 0 Å². The van der Waals surface area contributed by atoms with Gasteiger partial charge in [0, 0.05) is 17.3 Å². The number of hydrogen-bond acceptors (Lipinski definition) is 6. The highest BCUT2D eigenvalue weighted by atomic mass is 35.5. The maximum absolute atomic E-state index is 12.3. The number of carbonyl (C=O) groups is 2. The molecule has 1 atom stereocenters. The number of carboxylic acids is 1. The zero-order valence-electron chi connectivity index (χ0n) is 20.5. The van der Waals surface area contributed by atoms with Crippen molar-refractivity contribution in [1.82, 2.24) is 0 Å². The number of allylic oxidation sites excluding steroid dienone is 1. The Kier molecular flexibility index (Phi) is 12.5. The summed E-state index contributed by atoms with van der Waals surface area (Å²) < 4.78 is 29.4. The molecule has 36 heavy (non-hydrogen) atoms. The second-order valence-corrected chi connectivity index (χ2v) is 11.0. The van der Waals surface area contributed by atoms with Crippen LogP contribution in [0.1, 0.15) is 62.2 Å². The lowest BCUT2D eigenvalue weighted by atomic mass is 10.1. The number of sulfone groups is 1. The van der Waals surface area contributed by atoms with Gasteiger partial charge >= 0.3 is 11.9 Å². The molecule has 2 rings (SSSR count). The van der Waals surface area contributed by atoms with Crippen molar-refractivity contribution in [3.8, 4) is 0 Å². The molecule has 0 aromatic heterocycles. The second kappa shape index (κ2) is 15.3. The lowest BCUT2D eigenvalue weighted by molar-refractivity contribution is -0.146. The van der Waals surface area contributed by atoms with Crippen molar-refractivity contribution in [2.75, 3.05) is 17.6 Å². The van der Waals surface area contributed by atoms with E-state index >= 15 is 0 Å². The first kappa shape index (κ1) is 29.4. The highest BCUT2D eigenvalue weighted by Crippen LogP contribution is 2.17. The molecule has 0 bridgehead atoms. The molecule has 0 aliphatic rings. The molecule has 0 amide bonds. The number of benzene rings is 2. The molecule has 7 nitrogen and oxygen atoms in total. The molecule has 0 spiro atoms. The molecule has 196 valence electrons. The quantitative estimate of drug-likeness (QED) is 0.151. The topological polar surface area (TPSA) is 110 Å². The molecule has 0 heterocycles. The fourth-order valence-corrected chi connectivity index (χ4v) is 4.90. The molecule has 1 unspecified atom stereocenters. The zero-order valence-corrected chi connectivity index (χ0v) is 22.1. The first-order valence-electron chi connectivity index (χ1n) is 12.1. The van der Waals surface area contributed by atoms with Crippen molar-refractivity contribution in [1.29, 1.82) is 0 Å². The molecule has 0 saturated carbocycles. The number of rotatable bonds is 16. The van der Waals surface area contributed by atoms with Gasteiger partial charge in [0.15, 0.2) is 15.9 Å². The number of esters is 1. The van der Waals surface area contributed by atoms with Gasteiger partial charge in [-0.1, -0.05) is 49.4 Å². The van der Waals surface area contributed by atoms with Gasteiger partial charge in [-0.3, -0.25) is 0 Å². The van der Waals surface area contributed by atoms with Gasteiger partial charge in [0.2, 0.25) is 0 Å². The lowest BCUT2D eigenvalue weighted by Crippen LogP contribution is -2.23. The van der Waals surface area contributed by atoms with Crippen LogP contribution in [0.4, 0.5) is 5.69 Å².